The fourth-order valence-electron chi connectivity index (χ4n) is 0.978. The second kappa shape index (κ2) is 5.20. The minimum Gasteiger partial charge on any atom is -0.346 e. The van der Waals surface area contributed by atoms with Crippen LogP contribution in [0.4, 0.5) is 13.2 Å². The molecule has 0 atom stereocenters. The highest BCUT2D eigenvalue weighted by atomic mass is 31.2. The van der Waals surface area contributed by atoms with Crippen LogP contribution in [0.3, 0.4) is 0 Å². The number of rotatable bonds is 5. The third kappa shape index (κ3) is 6.28. The molecule has 10 heteroatoms. The fraction of sp³-hybridized carbons (Fsp3) is 0.875. The van der Waals surface area contributed by atoms with Crippen molar-refractivity contribution < 1.29 is 31.0 Å². The number of hydrogen-bond donors (Lipinski definition) is 0. The van der Waals surface area contributed by atoms with Gasteiger partial charge in [-0.1, -0.05) is 0 Å². The molecular formula is C8H18F3O4PSi2. The van der Waals surface area contributed by atoms with E-state index in [1.54, 1.807) is 0 Å². The Morgan fingerprint density at radius 1 is 0.944 bits per heavy atom. The molecule has 0 rings (SSSR count). The number of carbonyl (C=O) groups is 1. The molecule has 0 aliphatic rings. The summed E-state index contributed by atoms with van der Waals surface area (Å²) < 4.78 is 59.3. The zero-order chi connectivity index (χ0) is 15.0. The highest BCUT2D eigenvalue weighted by Crippen LogP contribution is 2.57. The van der Waals surface area contributed by atoms with Gasteiger partial charge in [-0.3, -0.25) is 9.36 Å². The molecule has 108 valence electrons. The van der Waals surface area contributed by atoms with E-state index in [2.05, 4.69) is 0 Å². The van der Waals surface area contributed by atoms with Gasteiger partial charge >= 0.3 is 19.3 Å². The van der Waals surface area contributed by atoms with Crippen LogP contribution in [0.1, 0.15) is 0 Å². The molecule has 0 spiro atoms. The molecule has 0 radical (unpaired) electrons. The van der Waals surface area contributed by atoms with E-state index in [1.165, 1.54) is 39.3 Å². The topological polar surface area (TPSA) is 52.6 Å². The minimum atomic E-state index is -5.23. The van der Waals surface area contributed by atoms with Crippen molar-refractivity contribution in [1.82, 2.24) is 0 Å². The maximum absolute atomic E-state index is 12.4. The second-order valence-corrected chi connectivity index (χ2v) is 17.0. The van der Waals surface area contributed by atoms with E-state index in [0.29, 0.717) is 0 Å². The van der Waals surface area contributed by atoms with Crippen molar-refractivity contribution in [2.75, 3.05) is 0 Å². The van der Waals surface area contributed by atoms with Crippen molar-refractivity contribution in [1.29, 1.82) is 0 Å². The Morgan fingerprint density at radius 3 is 1.39 bits per heavy atom. The Hall–Kier alpha value is 0.0438. The average molecular weight is 322 g/mol. The second-order valence-electron chi connectivity index (χ2n) is 5.71. The fourth-order valence-corrected chi connectivity index (χ4v) is 8.20. The molecule has 0 bridgehead atoms. The van der Waals surface area contributed by atoms with Gasteiger partial charge in [-0.15, -0.1) is 0 Å². The summed E-state index contributed by atoms with van der Waals surface area (Å²) in [6, 6.07) is 0. The van der Waals surface area contributed by atoms with Crippen LogP contribution >= 0.6 is 7.60 Å². The van der Waals surface area contributed by atoms with Crippen molar-refractivity contribution in [3.63, 3.8) is 0 Å². The van der Waals surface area contributed by atoms with Gasteiger partial charge in [0.1, 0.15) is 0 Å². The Balaban J connectivity index is 5.45. The predicted molar refractivity (Wildman–Crippen MR) is 67.5 cm³/mol. The van der Waals surface area contributed by atoms with E-state index in [-0.39, 0.29) is 0 Å². The van der Waals surface area contributed by atoms with E-state index in [9.17, 15) is 22.5 Å². The summed E-state index contributed by atoms with van der Waals surface area (Å²) in [5.41, 5.74) is -2.42. The van der Waals surface area contributed by atoms with Crippen LogP contribution in [0, 0.1) is 0 Å². The molecule has 0 aliphatic carbocycles. The molecule has 0 amide bonds. The molecule has 4 nitrogen and oxygen atoms in total. The van der Waals surface area contributed by atoms with E-state index >= 15 is 0 Å². The normalized spacial score (nSPS) is 14.7. The largest absolute Gasteiger partial charge is 0.462 e. The van der Waals surface area contributed by atoms with E-state index in [0.717, 1.165) is 0 Å². The zero-order valence-electron chi connectivity index (χ0n) is 11.2. The summed E-state index contributed by atoms with van der Waals surface area (Å²) in [7, 11) is -10.1. The van der Waals surface area contributed by atoms with Gasteiger partial charge in [-0.2, -0.15) is 13.2 Å². The molecule has 0 unspecified atom stereocenters. The van der Waals surface area contributed by atoms with Gasteiger partial charge < -0.3 is 8.43 Å². The molecule has 0 N–H and O–H groups in total. The number of hydrogen-bond acceptors (Lipinski definition) is 4. The van der Waals surface area contributed by atoms with Crippen LogP contribution in [0.15, 0.2) is 0 Å². The van der Waals surface area contributed by atoms with Crippen molar-refractivity contribution in [3.05, 3.63) is 0 Å². The average Bonchev–Trinajstić information content (AvgIpc) is 1.92. The minimum absolute atomic E-state index is 1.54. The number of halogens is 3. The SMILES string of the molecule is C[Si](C)(C)OP(=O)(O[Si](C)(C)C)C(=O)C(F)(F)F. The lowest BCUT2D eigenvalue weighted by Crippen LogP contribution is -2.35. The van der Waals surface area contributed by atoms with E-state index < -0.39 is 35.9 Å². The summed E-state index contributed by atoms with van der Waals surface area (Å²) in [6.07, 6.45) is -5.23. The quantitative estimate of drug-likeness (QED) is 0.568. The molecule has 0 fully saturated rings. The highest BCUT2D eigenvalue weighted by Gasteiger charge is 2.55. The predicted octanol–water partition coefficient (Wildman–Crippen LogP) is 3.97. The molecule has 0 heterocycles. The highest BCUT2D eigenvalue weighted by molar-refractivity contribution is 7.74. The van der Waals surface area contributed by atoms with Crippen LogP contribution in [0.5, 0.6) is 0 Å². The lowest BCUT2D eigenvalue weighted by molar-refractivity contribution is -0.163. The third-order valence-electron chi connectivity index (χ3n) is 1.28. The first-order chi connectivity index (χ1) is 7.57. The zero-order valence-corrected chi connectivity index (χ0v) is 14.1. The molecule has 0 aliphatic heterocycles. The lowest BCUT2D eigenvalue weighted by Gasteiger charge is -2.30. The molecule has 0 aromatic carbocycles. The van der Waals surface area contributed by atoms with Crippen LogP contribution in [0.25, 0.3) is 0 Å². The standard InChI is InChI=1S/C8H18F3O4PSi2/c1-17(2,3)14-16(13,15-18(4,5)6)7(12)8(9,10)11/h1-6H3. The first-order valence-electron chi connectivity index (χ1n) is 5.20. The van der Waals surface area contributed by atoms with Crippen LogP contribution in [-0.4, -0.2) is 28.3 Å². The first-order valence-corrected chi connectivity index (χ1v) is 13.6. The van der Waals surface area contributed by atoms with Crippen molar-refractivity contribution in [2.45, 2.75) is 45.5 Å². The van der Waals surface area contributed by atoms with E-state index in [4.69, 9.17) is 8.43 Å². The Bertz CT molecular complexity index is 350. The van der Waals surface area contributed by atoms with Gasteiger partial charge in [-0.25, -0.2) is 0 Å². The number of alkyl halides is 3. The summed E-state index contributed by atoms with van der Waals surface area (Å²) in [6.45, 7) is 9.23. The van der Waals surface area contributed by atoms with E-state index in [1.807, 2.05) is 0 Å². The van der Waals surface area contributed by atoms with Gasteiger partial charge in [-0.05, 0) is 39.3 Å². The van der Waals surface area contributed by atoms with Gasteiger partial charge in [0.25, 0.3) is 0 Å². The molecule has 0 aromatic heterocycles. The van der Waals surface area contributed by atoms with Gasteiger partial charge in [0.15, 0.2) is 16.6 Å². The molecule has 0 saturated carbocycles. The monoisotopic (exact) mass is 322 g/mol. The maximum Gasteiger partial charge on any atom is 0.462 e. The van der Waals surface area contributed by atoms with Gasteiger partial charge in [0.2, 0.25) is 0 Å². The summed E-state index contributed by atoms with van der Waals surface area (Å²) in [5.74, 6) is 0. The Morgan fingerprint density at radius 2 is 1.22 bits per heavy atom. The summed E-state index contributed by atoms with van der Waals surface area (Å²) >= 11 is 0. The molecular weight excluding hydrogens is 304 g/mol. The lowest BCUT2D eigenvalue weighted by atomic mass is 10.8. The molecule has 0 saturated heterocycles. The van der Waals surface area contributed by atoms with Crippen LogP contribution < -0.4 is 0 Å². The van der Waals surface area contributed by atoms with Crippen molar-refractivity contribution in [3.8, 4) is 0 Å². The van der Waals surface area contributed by atoms with Crippen molar-refractivity contribution in [2.24, 2.45) is 0 Å². The Kier molecular flexibility index (Phi) is 5.21. The smallest absolute Gasteiger partial charge is 0.346 e. The summed E-state index contributed by atoms with van der Waals surface area (Å²) in [4.78, 5) is 11.2. The molecule has 0 aromatic rings. The maximum atomic E-state index is 12.4. The first kappa shape index (κ1) is 18.0. The molecule has 18 heavy (non-hydrogen) atoms. The Labute approximate surface area is 107 Å². The van der Waals surface area contributed by atoms with Crippen LogP contribution in [0.2, 0.25) is 39.3 Å². The van der Waals surface area contributed by atoms with Crippen LogP contribution in [-0.2, 0) is 17.8 Å². The third-order valence-corrected chi connectivity index (χ3v) is 8.33. The number of carbonyl (C=O) groups excluding carboxylic acids is 1. The summed E-state index contributed by atoms with van der Waals surface area (Å²) in [5, 5.41) is 0. The van der Waals surface area contributed by atoms with Gasteiger partial charge in [0, 0.05) is 0 Å². The van der Waals surface area contributed by atoms with Crippen molar-refractivity contribution >= 4 is 29.8 Å². The van der Waals surface area contributed by atoms with Gasteiger partial charge in [0.05, 0.1) is 0 Å².